The van der Waals surface area contributed by atoms with E-state index >= 15 is 0 Å². The molecule has 0 saturated heterocycles. The molecule has 4 aromatic rings. The molecule has 0 aliphatic rings. The average molecular weight is 347 g/mol. The lowest BCUT2D eigenvalue weighted by Gasteiger charge is -2.06. The van der Waals surface area contributed by atoms with Crippen molar-refractivity contribution < 1.29 is 9.53 Å². The van der Waals surface area contributed by atoms with E-state index in [0.717, 1.165) is 22.0 Å². The highest BCUT2D eigenvalue weighted by molar-refractivity contribution is 5.87. The molecule has 130 valence electrons. The number of aryl methyl sites for hydroxylation is 1. The third-order valence-electron chi connectivity index (χ3n) is 4.25. The number of carbonyl (C=O) groups excluding carboxylic acids is 1. The van der Waals surface area contributed by atoms with Crippen LogP contribution in [-0.2, 0) is 22.6 Å². The highest BCUT2D eigenvalue weighted by Gasteiger charge is 2.11. The molecule has 6 nitrogen and oxygen atoms in total. The number of aromatic nitrogens is 3. The molecule has 0 atom stereocenters. The van der Waals surface area contributed by atoms with Gasteiger partial charge in [-0.05, 0) is 30.2 Å². The van der Waals surface area contributed by atoms with E-state index in [4.69, 9.17) is 4.74 Å². The number of esters is 1. The predicted octanol–water partition coefficient (Wildman–Crippen LogP) is 2.77. The number of pyridine rings is 1. The van der Waals surface area contributed by atoms with Gasteiger partial charge in [0.15, 0.2) is 0 Å². The largest absolute Gasteiger partial charge is 0.459 e. The Morgan fingerprint density at radius 2 is 2.08 bits per heavy atom. The predicted molar refractivity (Wildman–Crippen MR) is 98.0 cm³/mol. The third-order valence-corrected chi connectivity index (χ3v) is 4.25. The van der Waals surface area contributed by atoms with Crippen molar-refractivity contribution in [3.8, 4) is 0 Å². The number of rotatable bonds is 4. The molecule has 6 heteroatoms. The number of nitrogens with one attached hydrogen (secondary N) is 1. The standard InChI is InChI=1S/C20H17N3O3/c1-13-6-7-18-22-15(9-19(24)23(18)11-13)12-26-20(25)8-14-10-21-17-5-3-2-4-16(14)17/h2-7,9-11,21H,8,12H2,1H3. The Morgan fingerprint density at radius 1 is 1.23 bits per heavy atom. The minimum absolute atomic E-state index is 0.0270. The van der Waals surface area contributed by atoms with Crippen molar-refractivity contribution in [1.82, 2.24) is 14.4 Å². The number of hydrogen-bond acceptors (Lipinski definition) is 4. The lowest BCUT2D eigenvalue weighted by molar-refractivity contribution is -0.144. The van der Waals surface area contributed by atoms with Crippen LogP contribution in [0.3, 0.4) is 0 Å². The van der Waals surface area contributed by atoms with Crippen LogP contribution in [0, 0.1) is 6.92 Å². The zero-order valence-electron chi connectivity index (χ0n) is 14.2. The second-order valence-corrected chi connectivity index (χ2v) is 6.22. The van der Waals surface area contributed by atoms with Crippen molar-refractivity contribution in [2.75, 3.05) is 0 Å². The summed E-state index contributed by atoms with van der Waals surface area (Å²) in [6.45, 7) is 1.88. The second-order valence-electron chi connectivity index (χ2n) is 6.22. The summed E-state index contributed by atoms with van der Waals surface area (Å²) in [7, 11) is 0. The first kappa shape index (κ1) is 16.1. The number of aromatic amines is 1. The summed E-state index contributed by atoms with van der Waals surface area (Å²) in [5.74, 6) is -0.361. The van der Waals surface area contributed by atoms with E-state index in [2.05, 4.69) is 9.97 Å². The molecule has 0 saturated carbocycles. The summed E-state index contributed by atoms with van der Waals surface area (Å²) in [6.07, 6.45) is 3.71. The Bertz CT molecular complexity index is 1170. The summed E-state index contributed by atoms with van der Waals surface area (Å²) in [5.41, 5.74) is 3.61. The molecule has 0 aliphatic heterocycles. The maximum absolute atomic E-state index is 12.2. The van der Waals surface area contributed by atoms with Gasteiger partial charge in [-0.2, -0.15) is 0 Å². The number of hydrogen-bond donors (Lipinski definition) is 1. The molecule has 0 unspecified atom stereocenters. The molecule has 0 bridgehead atoms. The Balaban J connectivity index is 1.48. The zero-order valence-corrected chi connectivity index (χ0v) is 14.2. The fourth-order valence-electron chi connectivity index (χ4n) is 2.97. The summed E-state index contributed by atoms with van der Waals surface area (Å²) in [4.78, 5) is 31.9. The maximum atomic E-state index is 12.2. The SMILES string of the molecule is Cc1ccc2nc(COC(=O)Cc3c[nH]c4ccccc34)cc(=O)n2c1. The van der Waals surface area contributed by atoms with Crippen LogP contribution in [0.1, 0.15) is 16.8 Å². The molecule has 0 radical (unpaired) electrons. The summed E-state index contributed by atoms with van der Waals surface area (Å²) < 4.78 is 6.79. The first-order chi connectivity index (χ1) is 12.6. The Labute approximate surface area is 149 Å². The van der Waals surface area contributed by atoms with Crippen LogP contribution in [0.2, 0.25) is 0 Å². The van der Waals surface area contributed by atoms with Crippen LogP contribution < -0.4 is 5.56 Å². The summed E-state index contributed by atoms with van der Waals surface area (Å²) >= 11 is 0. The fourth-order valence-corrected chi connectivity index (χ4v) is 2.97. The number of H-pyrrole nitrogens is 1. The van der Waals surface area contributed by atoms with Crippen LogP contribution in [0.5, 0.6) is 0 Å². The van der Waals surface area contributed by atoms with Gasteiger partial charge in [0.2, 0.25) is 0 Å². The molecule has 0 amide bonds. The van der Waals surface area contributed by atoms with Gasteiger partial charge in [0.05, 0.1) is 12.1 Å². The minimum atomic E-state index is -0.361. The number of benzene rings is 1. The molecule has 3 heterocycles. The first-order valence-electron chi connectivity index (χ1n) is 8.30. The summed E-state index contributed by atoms with van der Waals surface area (Å²) in [5, 5.41) is 1.00. The first-order valence-corrected chi connectivity index (χ1v) is 8.30. The van der Waals surface area contributed by atoms with E-state index in [-0.39, 0.29) is 24.6 Å². The highest BCUT2D eigenvalue weighted by atomic mass is 16.5. The molecule has 1 N–H and O–H groups in total. The van der Waals surface area contributed by atoms with Gasteiger partial charge in [-0.3, -0.25) is 14.0 Å². The Kier molecular flexibility index (Phi) is 4.01. The normalized spacial score (nSPS) is 11.1. The quantitative estimate of drug-likeness (QED) is 0.576. The minimum Gasteiger partial charge on any atom is -0.459 e. The molecule has 26 heavy (non-hydrogen) atoms. The number of carbonyl (C=O) groups is 1. The molecular weight excluding hydrogens is 330 g/mol. The van der Waals surface area contributed by atoms with Gasteiger partial charge in [0.25, 0.3) is 5.56 Å². The van der Waals surface area contributed by atoms with Gasteiger partial charge in [0.1, 0.15) is 12.3 Å². The number of nitrogens with zero attached hydrogens (tertiary/aromatic N) is 2. The molecular formula is C20H17N3O3. The molecule has 4 rings (SSSR count). The topological polar surface area (TPSA) is 76.5 Å². The van der Waals surface area contributed by atoms with Crippen LogP contribution in [0.4, 0.5) is 0 Å². The average Bonchev–Trinajstić information content (AvgIpc) is 3.04. The number of para-hydroxylation sites is 1. The van der Waals surface area contributed by atoms with Crippen molar-refractivity contribution in [3.63, 3.8) is 0 Å². The van der Waals surface area contributed by atoms with Crippen LogP contribution in [-0.4, -0.2) is 20.3 Å². The van der Waals surface area contributed by atoms with Crippen molar-refractivity contribution in [2.45, 2.75) is 20.0 Å². The number of ether oxygens (including phenoxy) is 1. The molecule has 3 aromatic heterocycles. The van der Waals surface area contributed by atoms with E-state index in [1.165, 1.54) is 10.5 Å². The van der Waals surface area contributed by atoms with Crippen molar-refractivity contribution in [2.24, 2.45) is 0 Å². The van der Waals surface area contributed by atoms with E-state index in [9.17, 15) is 9.59 Å². The van der Waals surface area contributed by atoms with Gasteiger partial charge < -0.3 is 9.72 Å². The zero-order chi connectivity index (χ0) is 18.1. The summed E-state index contributed by atoms with van der Waals surface area (Å²) in [6, 6.07) is 12.8. The van der Waals surface area contributed by atoms with Crippen molar-refractivity contribution in [3.05, 3.63) is 82.0 Å². The Hall–Kier alpha value is -3.41. The van der Waals surface area contributed by atoms with Gasteiger partial charge in [0, 0.05) is 29.4 Å². The maximum Gasteiger partial charge on any atom is 0.310 e. The smallest absolute Gasteiger partial charge is 0.310 e. The lowest BCUT2D eigenvalue weighted by atomic mass is 10.1. The van der Waals surface area contributed by atoms with E-state index < -0.39 is 0 Å². The molecule has 0 spiro atoms. The molecule has 1 aromatic carbocycles. The van der Waals surface area contributed by atoms with Crippen LogP contribution in [0.15, 0.2) is 59.7 Å². The molecule has 0 fully saturated rings. The van der Waals surface area contributed by atoms with Crippen molar-refractivity contribution >= 4 is 22.5 Å². The van der Waals surface area contributed by atoms with Crippen LogP contribution in [0.25, 0.3) is 16.6 Å². The Morgan fingerprint density at radius 3 is 2.96 bits per heavy atom. The van der Waals surface area contributed by atoms with Crippen LogP contribution >= 0.6 is 0 Å². The fraction of sp³-hybridized carbons (Fsp3) is 0.150. The van der Waals surface area contributed by atoms with Gasteiger partial charge in [-0.15, -0.1) is 0 Å². The lowest BCUT2D eigenvalue weighted by Crippen LogP contribution is -2.17. The molecule has 0 aliphatic carbocycles. The van der Waals surface area contributed by atoms with E-state index in [1.54, 1.807) is 12.3 Å². The van der Waals surface area contributed by atoms with Gasteiger partial charge in [-0.1, -0.05) is 24.3 Å². The van der Waals surface area contributed by atoms with Gasteiger partial charge >= 0.3 is 5.97 Å². The van der Waals surface area contributed by atoms with Crippen molar-refractivity contribution in [1.29, 1.82) is 0 Å². The third kappa shape index (κ3) is 3.09. The van der Waals surface area contributed by atoms with E-state index in [0.29, 0.717) is 11.3 Å². The monoisotopic (exact) mass is 347 g/mol. The van der Waals surface area contributed by atoms with E-state index in [1.807, 2.05) is 43.5 Å². The number of fused-ring (bicyclic) bond motifs is 2. The van der Waals surface area contributed by atoms with Gasteiger partial charge in [-0.25, -0.2) is 4.98 Å². The highest BCUT2D eigenvalue weighted by Crippen LogP contribution is 2.18. The second kappa shape index (κ2) is 6.48.